The average molecular weight is 209 g/mol. The Hall–Kier alpha value is -0.820. The minimum atomic E-state index is 1.000. The zero-order valence-electron chi connectivity index (χ0n) is 11.1. The van der Waals surface area contributed by atoms with Crippen LogP contribution in [0.2, 0.25) is 0 Å². The van der Waals surface area contributed by atoms with Crippen LogP contribution >= 0.6 is 0 Å². The Kier molecular flexibility index (Phi) is 12.5. The van der Waals surface area contributed by atoms with E-state index in [2.05, 4.69) is 31.2 Å². The van der Waals surface area contributed by atoms with Crippen LogP contribution in [0.1, 0.15) is 34.1 Å². The van der Waals surface area contributed by atoms with E-state index in [0.717, 1.165) is 19.5 Å². The zero-order chi connectivity index (χ0) is 12.3. The van der Waals surface area contributed by atoms with E-state index in [1.807, 2.05) is 33.8 Å². The van der Waals surface area contributed by atoms with Crippen molar-refractivity contribution in [3.63, 3.8) is 0 Å². The number of hydrogen-bond acceptors (Lipinski definition) is 1. The summed E-state index contributed by atoms with van der Waals surface area (Å²) in [5.41, 5.74) is 2.59. The lowest BCUT2D eigenvalue weighted by atomic mass is 9.99. The third-order valence-corrected chi connectivity index (χ3v) is 2.00. The number of rotatable bonds is 1. The molecule has 0 bridgehead atoms. The second-order valence-electron chi connectivity index (χ2n) is 3.02. The molecule has 0 N–H and O–H groups in total. The molecule has 0 aromatic rings. The van der Waals surface area contributed by atoms with Crippen LogP contribution in [0.25, 0.3) is 0 Å². The van der Waals surface area contributed by atoms with Crippen molar-refractivity contribution in [1.29, 1.82) is 0 Å². The van der Waals surface area contributed by atoms with Crippen molar-refractivity contribution in [2.24, 2.45) is 0 Å². The summed E-state index contributed by atoms with van der Waals surface area (Å²) in [6.45, 7) is 17.8. The van der Waals surface area contributed by atoms with E-state index < -0.39 is 0 Å². The molecular formula is C14H27N. The molecule has 1 aliphatic rings. The second kappa shape index (κ2) is 11.3. The van der Waals surface area contributed by atoms with Crippen molar-refractivity contribution in [2.45, 2.75) is 34.1 Å². The summed E-state index contributed by atoms with van der Waals surface area (Å²) >= 11 is 0. The highest BCUT2D eigenvalue weighted by Crippen LogP contribution is 2.18. The molecule has 0 saturated carbocycles. The molecule has 0 aliphatic carbocycles. The van der Waals surface area contributed by atoms with Crippen molar-refractivity contribution < 1.29 is 0 Å². The van der Waals surface area contributed by atoms with E-state index in [9.17, 15) is 0 Å². The first-order valence-electron chi connectivity index (χ1n) is 5.92. The standard InChI is InChI=1S/C10H15N.2C2H6/c1-4-5-10-6-7-11(3)8-9(10)2;2*1-2/h4-5H,1-2,6-8H2,3H3;2*1-2H3/b10-5-;;. The Morgan fingerprint density at radius 1 is 1.20 bits per heavy atom. The van der Waals surface area contributed by atoms with E-state index in [1.54, 1.807) is 0 Å². The Balaban J connectivity index is 0. The zero-order valence-corrected chi connectivity index (χ0v) is 11.1. The fraction of sp³-hybridized carbons (Fsp3) is 0.571. The maximum absolute atomic E-state index is 4.01. The SMILES string of the molecule is C=C/C=C1/CCN(C)CC1=C.CC.CC. The first kappa shape index (κ1) is 16.6. The van der Waals surface area contributed by atoms with Crippen LogP contribution in [0.5, 0.6) is 0 Å². The maximum atomic E-state index is 4.01. The molecule has 1 rings (SSSR count). The fourth-order valence-electron chi connectivity index (χ4n) is 1.34. The van der Waals surface area contributed by atoms with Crippen molar-refractivity contribution in [2.75, 3.05) is 20.1 Å². The second-order valence-corrected chi connectivity index (χ2v) is 3.02. The van der Waals surface area contributed by atoms with Gasteiger partial charge in [0, 0.05) is 13.1 Å². The minimum absolute atomic E-state index is 1.000. The van der Waals surface area contributed by atoms with Gasteiger partial charge >= 0.3 is 0 Å². The van der Waals surface area contributed by atoms with Gasteiger partial charge in [-0.1, -0.05) is 53.0 Å². The highest BCUT2D eigenvalue weighted by Gasteiger charge is 2.12. The lowest BCUT2D eigenvalue weighted by Gasteiger charge is -2.25. The molecular weight excluding hydrogens is 182 g/mol. The summed E-state index contributed by atoms with van der Waals surface area (Å²) in [4.78, 5) is 2.28. The number of allylic oxidation sites excluding steroid dienone is 2. The van der Waals surface area contributed by atoms with E-state index in [1.165, 1.54) is 11.1 Å². The summed E-state index contributed by atoms with van der Waals surface area (Å²) < 4.78 is 0. The van der Waals surface area contributed by atoms with Crippen LogP contribution in [-0.4, -0.2) is 25.0 Å². The van der Waals surface area contributed by atoms with Crippen LogP contribution in [-0.2, 0) is 0 Å². The summed E-state index contributed by atoms with van der Waals surface area (Å²) in [6, 6.07) is 0. The van der Waals surface area contributed by atoms with Crippen molar-refractivity contribution in [3.8, 4) is 0 Å². The van der Waals surface area contributed by atoms with Crippen LogP contribution in [0.4, 0.5) is 0 Å². The minimum Gasteiger partial charge on any atom is -0.302 e. The normalized spacial score (nSPS) is 18.5. The Bertz CT molecular complexity index is 201. The van der Waals surface area contributed by atoms with Gasteiger partial charge in [0.1, 0.15) is 0 Å². The van der Waals surface area contributed by atoms with Gasteiger partial charge in [0.05, 0.1) is 0 Å². The summed E-state index contributed by atoms with van der Waals surface area (Å²) in [6.07, 6.45) is 5.02. The first-order valence-corrected chi connectivity index (χ1v) is 5.92. The molecule has 1 saturated heterocycles. The molecule has 1 nitrogen and oxygen atoms in total. The van der Waals surface area contributed by atoms with Crippen molar-refractivity contribution in [3.05, 3.63) is 36.5 Å². The van der Waals surface area contributed by atoms with Crippen LogP contribution in [0.3, 0.4) is 0 Å². The molecule has 0 atom stereocenters. The molecule has 0 unspecified atom stereocenters. The molecule has 0 amide bonds. The topological polar surface area (TPSA) is 3.24 Å². The van der Waals surface area contributed by atoms with E-state index in [-0.39, 0.29) is 0 Å². The van der Waals surface area contributed by atoms with Crippen LogP contribution in [0, 0.1) is 0 Å². The molecule has 1 aliphatic heterocycles. The number of hydrogen-bond donors (Lipinski definition) is 0. The van der Waals surface area contributed by atoms with Gasteiger partial charge in [-0.15, -0.1) is 0 Å². The van der Waals surface area contributed by atoms with E-state index in [0.29, 0.717) is 0 Å². The van der Waals surface area contributed by atoms with Gasteiger partial charge in [0.25, 0.3) is 0 Å². The molecule has 0 radical (unpaired) electrons. The van der Waals surface area contributed by atoms with Crippen molar-refractivity contribution >= 4 is 0 Å². The van der Waals surface area contributed by atoms with E-state index in [4.69, 9.17) is 0 Å². The van der Waals surface area contributed by atoms with Gasteiger partial charge in [-0.3, -0.25) is 0 Å². The molecule has 88 valence electrons. The fourth-order valence-corrected chi connectivity index (χ4v) is 1.34. The number of likely N-dealkylation sites (tertiary alicyclic amines) is 1. The first-order chi connectivity index (χ1) is 7.24. The monoisotopic (exact) mass is 209 g/mol. The van der Waals surface area contributed by atoms with Gasteiger partial charge in [0.15, 0.2) is 0 Å². The number of nitrogens with zero attached hydrogens (tertiary/aromatic N) is 1. The van der Waals surface area contributed by atoms with Gasteiger partial charge < -0.3 is 4.90 Å². The third-order valence-electron chi connectivity index (χ3n) is 2.00. The Labute approximate surface area is 96.2 Å². The summed E-state index contributed by atoms with van der Waals surface area (Å²) in [5.74, 6) is 0. The predicted molar refractivity (Wildman–Crippen MR) is 72.2 cm³/mol. The highest BCUT2D eigenvalue weighted by atomic mass is 15.1. The van der Waals surface area contributed by atoms with Crippen LogP contribution < -0.4 is 0 Å². The molecule has 0 aromatic carbocycles. The maximum Gasteiger partial charge on any atom is 0.0227 e. The summed E-state index contributed by atoms with van der Waals surface area (Å²) in [7, 11) is 2.12. The molecule has 0 aromatic heterocycles. The van der Waals surface area contributed by atoms with Gasteiger partial charge in [0.2, 0.25) is 0 Å². The van der Waals surface area contributed by atoms with Crippen molar-refractivity contribution in [1.82, 2.24) is 4.90 Å². The summed E-state index contributed by atoms with van der Waals surface area (Å²) in [5, 5.41) is 0. The Morgan fingerprint density at radius 3 is 2.13 bits per heavy atom. The predicted octanol–water partition coefficient (Wildman–Crippen LogP) is 4.04. The lowest BCUT2D eigenvalue weighted by Crippen LogP contribution is -2.27. The van der Waals surface area contributed by atoms with Gasteiger partial charge in [-0.2, -0.15) is 0 Å². The molecule has 1 heteroatoms. The van der Waals surface area contributed by atoms with Gasteiger partial charge in [-0.25, -0.2) is 0 Å². The third kappa shape index (κ3) is 7.15. The molecule has 1 fully saturated rings. The quantitative estimate of drug-likeness (QED) is 0.630. The number of piperidine rings is 1. The molecule has 0 spiro atoms. The van der Waals surface area contributed by atoms with Crippen LogP contribution in [0.15, 0.2) is 36.5 Å². The van der Waals surface area contributed by atoms with E-state index >= 15 is 0 Å². The molecule has 15 heavy (non-hydrogen) atoms. The van der Waals surface area contributed by atoms with Gasteiger partial charge in [-0.05, 0) is 24.6 Å². The molecule has 1 heterocycles. The Morgan fingerprint density at radius 2 is 1.73 bits per heavy atom. The number of likely N-dealkylation sites (N-methyl/N-ethyl adjacent to an activating group) is 1. The average Bonchev–Trinajstić information content (AvgIpc) is 2.28. The smallest absolute Gasteiger partial charge is 0.0227 e. The largest absolute Gasteiger partial charge is 0.302 e. The highest BCUT2D eigenvalue weighted by molar-refractivity contribution is 5.34. The lowest BCUT2D eigenvalue weighted by molar-refractivity contribution is 0.348.